The van der Waals surface area contributed by atoms with E-state index in [1.54, 1.807) is 12.3 Å². The minimum absolute atomic E-state index is 0.0412. The molecule has 0 saturated heterocycles. The SMILES string of the molecule is CC(=O)OCc1cc(Cn2cc(C3c4ccccc4C=Cc4ccccc43)c(=S)[nH]c2=O)cc(C(=O)O)c1. The summed E-state index contributed by atoms with van der Waals surface area (Å²) in [6, 6.07) is 20.9. The number of esters is 1. The third-order valence-electron chi connectivity index (χ3n) is 6.50. The number of carboxylic acid groups (broad SMARTS) is 1. The molecule has 0 radical (unpaired) electrons. The second-order valence-corrected chi connectivity index (χ2v) is 9.53. The van der Waals surface area contributed by atoms with Gasteiger partial charge in [0.25, 0.3) is 0 Å². The van der Waals surface area contributed by atoms with Gasteiger partial charge in [-0.3, -0.25) is 14.3 Å². The molecule has 5 rings (SSSR count). The molecule has 7 nitrogen and oxygen atoms in total. The Morgan fingerprint density at radius 3 is 2.16 bits per heavy atom. The van der Waals surface area contributed by atoms with E-state index in [9.17, 15) is 19.5 Å². The Kier molecular flexibility index (Phi) is 6.89. The molecule has 0 fully saturated rings. The Bertz CT molecular complexity index is 1670. The highest BCUT2D eigenvalue weighted by Gasteiger charge is 2.25. The van der Waals surface area contributed by atoms with Crippen LogP contribution >= 0.6 is 12.2 Å². The van der Waals surface area contributed by atoms with E-state index in [0.717, 1.165) is 27.8 Å². The van der Waals surface area contributed by atoms with E-state index in [0.29, 0.717) is 15.8 Å². The number of hydrogen-bond donors (Lipinski definition) is 2. The number of nitrogens with zero attached hydrogens (tertiary/aromatic N) is 1. The standard InChI is InChI=1S/C30H24N2O5S/c1-18(33)37-17-20-12-19(13-23(14-20)29(34)35)15-32-16-26(28(38)31-30(32)36)27-24-8-4-2-6-21(24)10-11-22-7-3-5-9-25(22)27/h2-14,16,27H,15,17H2,1H3,(H,34,35)(H,31,36,38). The Balaban J connectivity index is 1.62. The summed E-state index contributed by atoms with van der Waals surface area (Å²) < 4.78 is 6.89. The second kappa shape index (κ2) is 10.4. The van der Waals surface area contributed by atoms with Crippen LogP contribution in [0.2, 0.25) is 0 Å². The van der Waals surface area contributed by atoms with Crippen molar-refractivity contribution >= 4 is 36.3 Å². The summed E-state index contributed by atoms with van der Waals surface area (Å²) in [6.45, 7) is 1.32. The van der Waals surface area contributed by atoms with Crippen LogP contribution in [-0.2, 0) is 22.7 Å². The Labute approximate surface area is 223 Å². The maximum atomic E-state index is 13.0. The van der Waals surface area contributed by atoms with E-state index in [-0.39, 0.29) is 24.6 Å². The number of nitrogens with one attached hydrogen (secondary N) is 1. The first-order chi connectivity index (χ1) is 18.3. The van der Waals surface area contributed by atoms with Crippen LogP contribution in [0.5, 0.6) is 0 Å². The third-order valence-corrected chi connectivity index (χ3v) is 6.84. The normalized spacial score (nSPS) is 12.3. The van der Waals surface area contributed by atoms with Crippen molar-refractivity contribution in [2.24, 2.45) is 0 Å². The fraction of sp³-hybridized carbons (Fsp3) is 0.133. The van der Waals surface area contributed by atoms with Gasteiger partial charge in [-0.15, -0.1) is 0 Å². The third kappa shape index (κ3) is 5.12. The molecule has 1 heterocycles. The molecule has 1 aliphatic carbocycles. The number of carbonyl (C=O) groups excluding carboxylic acids is 1. The summed E-state index contributed by atoms with van der Waals surface area (Å²) in [5.74, 6) is -1.81. The van der Waals surface area contributed by atoms with Gasteiger partial charge in [0.15, 0.2) is 0 Å². The number of carbonyl (C=O) groups is 2. The fourth-order valence-corrected chi connectivity index (χ4v) is 5.08. The molecule has 8 heteroatoms. The van der Waals surface area contributed by atoms with Crippen LogP contribution in [0.25, 0.3) is 12.2 Å². The maximum Gasteiger partial charge on any atom is 0.335 e. The van der Waals surface area contributed by atoms with Gasteiger partial charge in [0.1, 0.15) is 11.2 Å². The van der Waals surface area contributed by atoms with Crippen LogP contribution in [-0.4, -0.2) is 26.6 Å². The molecule has 0 saturated carbocycles. The number of aromatic carboxylic acids is 1. The van der Waals surface area contributed by atoms with E-state index in [2.05, 4.69) is 41.4 Å². The van der Waals surface area contributed by atoms with Crippen molar-refractivity contribution in [3.8, 4) is 0 Å². The van der Waals surface area contributed by atoms with Gasteiger partial charge < -0.3 is 9.84 Å². The van der Waals surface area contributed by atoms with Crippen molar-refractivity contribution in [2.45, 2.75) is 26.0 Å². The minimum Gasteiger partial charge on any atom is -0.478 e. The van der Waals surface area contributed by atoms with Crippen molar-refractivity contribution in [3.05, 3.63) is 133 Å². The molecule has 4 aromatic rings. The van der Waals surface area contributed by atoms with E-state index in [1.165, 1.54) is 23.6 Å². The Morgan fingerprint density at radius 1 is 0.947 bits per heavy atom. The average Bonchev–Trinajstić information content (AvgIpc) is 3.06. The lowest BCUT2D eigenvalue weighted by atomic mass is 9.83. The zero-order valence-corrected chi connectivity index (χ0v) is 21.3. The first-order valence-corrected chi connectivity index (χ1v) is 12.4. The van der Waals surface area contributed by atoms with Crippen LogP contribution in [0.1, 0.15) is 62.1 Å². The number of fused-ring (bicyclic) bond motifs is 2. The molecule has 1 aliphatic rings. The molecule has 190 valence electrons. The largest absolute Gasteiger partial charge is 0.478 e. The lowest BCUT2D eigenvalue weighted by Crippen LogP contribution is -2.25. The van der Waals surface area contributed by atoms with E-state index < -0.39 is 17.6 Å². The maximum absolute atomic E-state index is 13.0. The molecule has 0 amide bonds. The Morgan fingerprint density at radius 2 is 1.55 bits per heavy atom. The predicted octanol–water partition coefficient (Wildman–Crippen LogP) is 5.38. The van der Waals surface area contributed by atoms with Crippen LogP contribution < -0.4 is 5.69 Å². The molecule has 0 spiro atoms. The van der Waals surface area contributed by atoms with E-state index in [1.807, 2.05) is 24.3 Å². The molecule has 2 N–H and O–H groups in total. The Hall–Kier alpha value is -4.56. The molecule has 0 unspecified atom stereocenters. The van der Waals surface area contributed by atoms with Gasteiger partial charge in [-0.2, -0.15) is 0 Å². The summed E-state index contributed by atoms with van der Waals surface area (Å²) in [5.41, 5.74) is 5.74. The topological polar surface area (TPSA) is 101 Å². The fourth-order valence-electron chi connectivity index (χ4n) is 4.82. The van der Waals surface area contributed by atoms with Crippen molar-refractivity contribution < 1.29 is 19.4 Å². The van der Waals surface area contributed by atoms with Gasteiger partial charge in [-0.05, 0) is 45.5 Å². The quantitative estimate of drug-likeness (QED) is 0.229. The number of ether oxygens (including phenoxy) is 1. The summed E-state index contributed by atoms with van der Waals surface area (Å²) in [7, 11) is 0. The van der Waals surface area contributed by atoms with Crippen LogP contribution in [0.3, 0.4) is 0 Å². The number of H-pyrrole nitrogens is 1. The van der Waals surface area contributed by atoms with Crippen molar-refractivity contribution in [2.75, 3.05) is 0 Å². The molecule has 3 aromatic carbocycles. The monoisotopic (exact) mass is 524 g/mol. The molecule has 1 aromatic heterocycles. The minimum atomic E-state index is -1.12. The van der Waals surface area contributed by atoms with E-state index in [4.69, 9.17) is 17.0 Å². The van der Waals surface area contributed by atoms with E-state index >= 15 is 0 Å². The van der Waals surface area contributed by atoms with Gasteiger partial charge in [0.2, 0.25) is 0 Å². The lowest BCUT2D eigenvalue weighted by Gasteiger charge is -2.22. The second-order valence-electron chi connectivity index (χ2n) is 9.12. The summed E-state index contributed by atoms with van der Waals surface area (Å²) in [4.78, 5) is 38.8. The predicted molar refractivity (Wildman–Crippen MR) is 147 cm³/mol. The summed E-state index contributed by atoms with van der Waals surface area (Å²) in [6.07, 6.45) is 5.92. The molecule has 0 bridgehead atoms. The van der Waals surface area contributed by atoms with Crippen molar-refractivity contribution in [1.29, 1.82) is 0 Å². The number of aromatic nitrogens is 2. The summed E-state index contributed by atoms with van der Waals surface area (Å²) >= 11 is 5.67. The van der Waals surface area contributed by atoms with Crippen molar-refractivity contribution in [3.63, 3.8) is 0 Å². The van der Waals surface area contributed by atoms with Gasteiger partial charge >= 0.3 is 17.6 Å². The first-order valence-electron chi connectivity index (χ1n) is 12.0. The zero-order chi connectivity index (χ0) is 26.8. The number of hydrogen-bond acceptors (Lipinski definition) is 5. The number of carboxylic acids is 1. The molecule has 38 heavy (non-hydrogen) atoms. The molecular formula is C30H24N2O5S. The highest BCUT2D eigenvalue weighted by molar-refractivity contribution is 7.71. The number of aromatic amines is 1. The first kappa shape index (κ1) is 25.1. The smallest absolute Gasteiger partial charge is 0.335 e. The molecular weight excluding hydrogens is 500 g/mol. The van der Waals surface area contributed by atoms with Gasteiger partial charge in [0, 0.05) is 24.6 Å². The highest BCUT2D eigenvalue weighted by atomic mass is 32.1. The van der Waals surface area contributed by atoms with Gasteiger partial charge in [-0.25, -0.2) is 9.59 Å². The van der Waals surface area contributed by atoms with Crippen LogP contribution in [0, 0.1) is 4.64 Å². The average molecular weight is 525 g/mol. The zero-order valence-electron chi connectivity index (χ0n) is 20.5. The molecule has 0 aliphatic heterocycles. The number of benzene rings is 3. The number of rotatable bonds is 6. The lowest BCUT2D eigenvalue weighted by molar-refractivity contribution is -0.142. The summed E-state index contributed by atoms with van der Waals surface area (Å²) in [5, 5.41) is 9.59. The van der Waals surface area contributed by atoms with Gasteiger partial charge in [0.05, 0.1) is 12.1 Å². The van der Waals surface area contributed by atoms with Crippen LogP contribution in [0.4, 0.5) is 0 Å². The van der Waals surface area contributed by atoms with Crippen molar-refractivity contribution in [1.82, 2.24) is 9.55 Å². The van der Waals surface area contributed by atoms with Crippen LogP contribution in [0.15, 0.2) is 77.7 Å². The highest BCUT2D eigenvalue weighted by Crippen LogP contribution is 2.39. The molecule has 0 atom stereocenters. The van der Waals surface area contributed by atoms with Gasteiger partial charge in [-0.1, -0.05) is 79.0 Å².